The molecule has 0 fully saturated rings. The van der Waals surface area contributed by atoms with E-state index in [-0.39, 0.29) is 37.9 Å². The summed E-state index contributed by atoms with van der Waals surface area (Å²) in [5.74, 6) is -1.99. The largest absolute Gasteiger partial charge is 0.480 e. The molecule has 7 nitrogen and oxygen atoms in total. The van der Waals surface area contributed by atoms with E-state index in [9.17, 15) is 19.5 Å². The number of carboxylic acids is 1. The highest BCUT2D eigenvalue weighted by Crippen LogP contribution is 2.45. The fourth-order valence-corrected chi connectivity index (χ4v) is 5.99. The number of carbonyl (C=O) groups excluding carboxylic acids is 2. The summed E-state index contributed by atoms with van der Waals surface area (Å²) >= 11 is 0. The summed E-state index contributed by atoms with van der Waals surface area (Å²) in [5, 5.41) is 12.1. The van der Waals surface area contributed by atoms with Crippen LogP contribution in [-0.2, 0) is 19.1 Å². The molecular formula is C34H29NO6. The number of ether oxygens (including phenoxy) is 2. The lowest BCUT2D eigenvalue weighted by atomic mass is 9.98. The van der Waals surface area contributed by atoms with Gasteiger partial charge in [0.1, 0.15) is 19.3 Å². The number of hydrogen-bond acceptors (Lipinski definition) is 5. The molecule has 6 rings (SSSR count). The van der Waals surface area contributed by atoms with Crippen LogP contribution in [0.25, 0.3) is 22.3 Å². The van der Waals surface area contributed by atoms with E-state index in [2.05, 4.69) is 17.4 Å². The molecule has 0 aromatic heterocycles. The van der Waals surface area contributed by atoms with E-state index >= 15 is 0 Å². The first-order valence-corrected chi connectivity index (χ1v) is 13.7. The molecule has 0 saturated carbocycles. The average Bonchev–Trinajstić information content (AvgIpc) is 3.49. The van der Waals surface area contributed by atoms with Crippen molar-refractivity contribution in [2.24, 2.45) is 0 Å². The summed E-state index contributed by atoms with van der Waals surface area (Å²) in [7, 11) is 0. The van der Waals surface area contributed by atoms with Crippen LogP contribution in [0.2, 0.25) is 0 Å². The van der Waals surface area contributed by atoms with Crippen molar-refractivity contribution < 1.29 is 29.0 Å². The SMILES string of the molecule is O=C(CCC(NC(=O)OCC1c2ccccc2-c2ccccc21)C(=O)O)OCC1c2ccccc2-c2ccccc21. The van der Waals surface area contributed by atoms with Gasteiger partial charge in [-0.2, -0.15) is 0 Å². The van der Waals surface area contributed by atoms with Gasteiger partial charge in [0.15, 0.2) is 0 Å². The Hall–Kier alpha value is -4.91. The second kappa shape index (κ2) is 11.3. The highest BCUT2D eigenvalue weighted by Gasteiger charge is 2.31. The third-order valence-electron chi connectivity index (χ3n) is 7.94. The smallest absolute Gasteiger partial charge is 0.407 e. The van der Waals surface area contributed by atoms with Crippen LogP contribution in [0.1, 0.15) is 46.9 Å². The quantitative estimate of drug-likeness (QED) is 0.245. The molecule has 0 bridgehead atoms. The lowest BCUT2D eigenvalue weighted by Crippen LogP contribution is -2.41. The van der Waals surface area contributed by atoms with Crippen LogP contribution < -0.4 is 5.32 Å². The first-order chi connectivity index (χ1) is 20.0. The van der Waals surface area contributed by atoms with E-state index in [0.29, 0.717) is 0 Å². The van der Waals surface area contributed by atoms with Crippen molar-refractivity contribution in [1.29, 1.82) is 0 Å². The standard InChI is InChI=1S/C34H29NO6/c36-32(40-19-29-25-13-5-1-9-21(25)22-10-2-6-14-26(22)29)18-17-31(33(37)38)35-34(39)41-20-30-27-15-7-3-11-23(27)24-12-4-8-16-28(24)30/h1-16,29-31H,17-20H2,(H,35,39)(H,37,38). The van der Waals surface area contributed by atoms with Crippen LogP contribution in [0.5, 0.6) is 0 Å². The van der Waals surface area contributed by atoms with E-state index in [0.717, 1.165) is 44.5 Å². The minimum atomic E-state index is -1.29. The molecule has 1 amide bonds. The summed E-state index contributed by atoms with van der Waals surface area (Å²) in [6.45, 7) is 0.225. The molecule has 41 heavy (non-hydrogen) atoms. The van der Waals surface area contributed by atoms with Crippen LogP contribution in [0.3, 0.4) is 0 Å². The third-order valence-corrected chi connectivity index (χ3v) is 7.94. The van der Waals surface area contributed by atoms with Crippen LogP contribution >= 0.6 is 0 Å². The van der Waals surface area contributed by atoms with Gasteiger partial charge < -0.3 is 19.9 Å². The van der Waals surface area contributed by atoms with Crippen LogP contribution in [-0.4, -0.2) is 42.4 Å². The van der Waals surface area contributed by atoms with Crippen molar-refractivity contribution in [1.82, 2.24) is 5.32 Å². The van der Waals surface area contributed by atoms with Gasteiger partial charge in [-0.15, -0.1) is 0 Å². The Morgan fingerprint density at radius 2 is 1.02 bits per heavy atom. The first-order valence-electron chi connectivity index (χ1n) is 13.7. The summed E-state index contributed by atoms with van der Waals surface area (Å²) < 4.78 is 11.1. The maximum atomic E-state index is 12.6. The van der Waals surface area contributed by atoms with Gasteiger partial charge in [-0.3, -0.25) is 4.79 Å². The topological polar surface area (TPSA) is 102 Å². The lowest BCUT2D eigenvalue weighted by Gasteiger charge is -2.18. The zero-order valence-electron chi connectivity index (χ0n) is 22.3. The monoisotopic (exact) mass is 547 g/mol. The number of aliphatic carboxylic acids is 1. The molecule has 1 unspecified atom stereocenters. The van der Waals surface area contributed by atoms with E-state index in [4.69, 9.17) is 9.47 Å². The van der Waals surface area contributed by atoms with Crippen LogP contribution in [0.4, 0.5) is 4.79 Å². The fourth-order valence-electron chi connectivity index (χ4n) is 5.99. The average molecular weight is 548 g/mol. The molecule has 2 N–H and O–H groups in total. The van der Waals surface area contributed by atoms with Gasteiger partial charge in [0, 0.05) is 18.3 Å². The Kier molecular flexibility index (Phi) is 7.25. The molecule has 1 atom stereocenters. The van der Waals surface area contributed by atoms with Crippen molar-refractivity contribution in [3.05, 3.63) is 119 Å². The molecule has 206 valence electrons. The number of benzene rings is 4. The van der Waals surface area contributed by atoms with Gasteiger partial charge in [0.05, 0.1) is 0 Å². The predicted octanol–water partition coefficient (Wildman–Crippen LogP) is 6.11. The summed E-state index contributed by atoms with van der Waals surface area (Å²) in [6, 6.07) is 30.7. The van der Waals surface area contributed by atoms with Crippen LogP contribution in [0.15, 0.2) is 97.1 Å². The zero-order chi connectivity index (χ0) is 28.3. The number of esters is 1. The molecule has 2 aliphatic rings. The maximum Gasteiger partial charge on any atom is 0.407 e. The minimum absolute atomic E-state index is 0.0680. The van der Waals surface area contributed by atoms with E-state index < -0.39 is 24.1 Å². The Morgan fingerprint density at radius 1 is 0.634 bits per heavy atom. The maximum absolute atomic E-state index is 12.6. The van der Waals surface area contributed by atoms with Gasteiger partial charge >= 0.3 is 18.0 Å². The molecule has 7 heteroatoms. The lowest BCUT2D eigenvalue weighted by molar-refractivity contribution is -0.144. The van der Waals surface area contributed by atoms with Gasteiger partial charge in [0.2, 0.25) is 0 Å². The summed E-state index contributed by atoms with van der Waals surface area (Å²) in [4.78, 5) is 37.1. The van der Waals surface area contributed by atoms with Crippen LogP contribution in [0, 0.1) is 0 Å². The minimum Gasteiger partial charge on any atom is -0.480 e. The first kappa shape index (κ1) is 26.3. The highest BCUT2D eigenvalue weighted by atomic mass is 16.5. The van der Waals surface area contributed by atoms with E-state index in [1.807, 2.05) is 84.9 Å². The Labute approximate surface area is 237 Å². The molecule has 0 aliphatic heterocycles. The molecule has 0 saturated heterocycles. The van der Waals surface area contributed by atoms with Gasteiger partial charge in [-0.05, 0) is 50.9 Å². The molecule has 0 spiro atoms. The number of hydrogen-bond donors (Lipinski definition) is 2. The number of nitrogens with one attached hydrogen (secondary N) is 1. The number of rotatable bonds is 9. The Morgan fingerprint density at radius 3 is 1.44 bits per heavy atom. The normalized spacial score (nSPS) is 13.9. The second-order valence-corrected chi connectivity index (χ2v) is 10.3. The van der Waals surface area contributed by atoms with Gasteiger partial charge in [0.25, 0.3) is 0 Å². The van der Waals surface area contributed by atoms with E-state index in [1.54, 1.807) is 0 Å². The van der Waals surface area contributed by atoms with Crippen molar-refractivity contribution in [2.75, 3.05) is 13.2 Å². The molecule has 4 aromatic carbocycles. The number of amides is 1. The molecule has 4 aromatic rings. The predicted molar refractivity (Wildman–Crippen MR) is 154 cm³/mol. The molecule has 2 aliphatic carbocycles. The fraction of sp³-hybridized carbons (Fsp3) is 0.206. The number of carbonyl (C=O) groups is 3. The molecule has 0 heterocycles. The van der Waals surface area contributed by atoms with Crippen molar-refractivity contribution in [3.8, 4) is 22.3 Å². The number of carboxylic acid groups (broad SMARTS) is 1. The number of fused-ring (bicyclic) bond motifs is 6. The molecule has 0 radical (unpaired) electrons. The Balaban J connectivity index is 1.02. The summed E-state index contributed by atoms with van der Waals surface area (Å²) in [5.41, 5.74) is 8.78. The Bertz CT molecular complexity index is 1540. The molecular weight excluding hydrogens is 518 g/mol. The number of alkyl carbamates (subject to hydrolysis) is 1. The second-order valence-electron chi connectivity index (χ2n) is 10.3. The van der Waals surface area contributed by atoms with E-state index in [1.165, 1.54) is 0 Å². The van der Waals surface area contributed by atoms with Crippen molar-refractivity contribution in [3.63, 3.8) is 0 Å². The van der Waals surface area contributed by atoms with Crippen molar-refractivity contribution >= 4 is 18.0 Å². The van der Waals surface area contributed by atoms with Gasteiger partial charge in [-0.25, -0.2) is 9.59 Å². The summed E-state index contributed by atoms with van der Waals surface area (Å²) in [6.07, 6.45) is -1.11. The third kappa shape index (κ3) is 5.18. The highest BCUT2D eigenvalue weighted by molar-refractivity contribution is 5.82. The van der Waals surface area contributed by atoms with Crippen molar-refractivity contribution in [2.45, 2.75) is 30.7 Å². The van der Waals surface area contributed by atoms with Gasteiger partial charge in [-0.1, -0.05) is 97.1 Å². The zero-order valence-corrected chi connectivity index (χ0v) is 22.3.